The van der Waals surface area contributed by atoms with Crippen LogP contribution in [0.15, 0.2) is 24.3 Å². The van der Waals surface area contributed by atoms with Gasteiger partial charge in [0.1, 0.15) is 5.75 Å². The van der Waals surface area contributed by atoms with Gasteiger partial charge in [0, 0.05) is 12.6 Å². The lowest BCUT2D eigenvalue weighted by Gasteiger charge is -2.14. The van der Waals surface area contributed by atoms with E-state index in [-0.39, 0.29) is 11.9 Å². The van der Waals surface area contributed by atoms with Crippen molar-refractivity contribution in [3.05, 3.63) is 29.8 Å². The first-order chi connectivity index (χ1) is 8.69. The van der Waals surface area contributed by atoms with Gasteiger partial charge in [-0.3, -0.25) is 4.79 Å². The number of benzene rings is 1. The number of carbonyl (C=O) groups is 1. The van der Waals surface area contributed by atoms with Gasteiger partial charge in [-0.2, -0.15) is 0 Å². The fourth-order valence-corrected chi connectivity index (χ4v) is 1.66. The van der Waals surface area contributed by atoms with Crippen LogP contribution in [-0.2, 0) is 11.2 Å². The number of hydrogen-bond acceptors (Lipinski definition) is 3. The molecule has 4 nitrogen and oxygen atoms in total. The minimum atomic E-state index is 0.0106. The van der Waals surface area contributed by atoms with E-state index in [4.69, 9.17) is 10.5 Å². The summed E-state index contributed by atoms with van der Waals surface area (Å²) in [6.45, 7) is 5.08. The summed E-state index contributed by atoms with van der Waals surface area (Å²) >= 11 is 0. The highest BCUT2D eigenvalue weighted by atomic mass is 16.5. The third-order valence-electron chi connectivity index (χ3n) is 2.74. The predicted molar refractivity (Wildman–Crippen MR) is 72.6 cm³/mol. The van der Waals surface area contributed by atoms with Gasteiger partial charge >= 0.3 is 0 Å². The first-order valence-corrected chi connectivity index (χ1v) is 6.40. The highest BCUT2D eigenvalue weighted by Gasteiger charge is 2.09. The molecule has 1 amide bonds. The SMILES string of the molecule is CCOc1ccc(CC(=O)NC(CC)CN)cc1. The summed E-state index contributed by atoms with van der Waals surface area (Å²) in [7, 11) is 0. The lowest BCUT2D eigenvalue weighted by molar-refractivity contribution is -0.121. The minimum Gasteiger partial charge on any atom is -0.494 e. The summed E-state index contributed by atoms with van der Waals surface area (Å²) in [4.78, 5) is 11.8. The van der Waals surface area contributed by atoms with Crippen LogP contribution in [0.25, 0.3) is 0 Å². The molecule has 100 valence electrons. The third-order valence-corrected chi connectivity index (χ3v) is 2.74. The third kappa shape index (κ3) is 4.75. The fourth-order valence-electron chi connectivity index (χ4n) is 1.66. The van der Waals surface area contributed by atoms with E-state index in [0.717, 1.165) is 17.7 Å². The van der Waals surface area contributed by atoms with E-state index in [1.807, 2.05) is 38.1 Å². The van der Waals surface area contributed by atoms with Crippen LogP contribution in [0.5, 0.6) is 5.75 Å². The van der Waals surface area contributed by atoms with Crippen molar-refractivity contribution in [3.63, 3.8) is 0 Å². The Balaban J connectivity index is 2.48. The average Bonchev–Trinajstić information content (AvgIpc) is 2.38. The first kappa shape index (κ1) is 14.5. The number of nitrogens with two attached hydrogens (primary N) is 1. The van der Waals surface area contributed by atoms with Gasteiger partial charge in [0.25, 0.3) is 0 Å². The van der Waals surface area contributed by atoms with Gasteiger partial charge in [-0.25, -0.2) is 0 Å². The Hall–Kier alpha value is -1.55. The Morgan fingerprint density at radius 3 is 2.50 bits per heavy atom. The van der Waals surface area contributed by atoms with Crippen LogP contribution in [0, 0.1) is 0 Å². The van der Waals surface area contributed by atoms with Gasteiger partial charge in [-0.1, -0.05) is 19.1 Å². The van der Waals surface area contributed by atoms with Crippen molar-refractivity contribution < 1.29 is 9.53 Å². The Morgan fingerprint density at radius 2 is 2.00 bits per heavy atom. The number of carbonyl (C=O) groups excluding carboxylic acids is 1. The molecule has 0 bridgehead atoms. The standard InChI is InChI=1S/C14H22N2O2/c1-3-12(10-15)16-14(17)9-11-5-7-13(8-6-11)18-4-2/h5-8,12H,3-4,9-10,15H2,1-2H3,(H,16,17). The zero-order chi connectivity index (χ0) is 13.4. The number of hydrogen-bond donors (Lipinski definition) is 2. The van der Waals surface area contributed by atoms with Crippen molar-refractivity contribution in [2.24, 2.45) is 5.73 Å². The van der Waals surface area contributed by atoms with E-state index in [1.54, 1.807) is 0 Å². The molecule has 0 radical (unpaired) electrons. The smallest absolute Gasteiger partial charge is 0.224 e. The Labute approximate surface area is 109 Å². The second-order valence-electron chi connectivity index (χ2n) is 4.16. The quantitative estimate of drug-likeness (QED) is 0.770. The normalized spacial score (nSPS) is 11.9. The molecule has 18 heavy (non-hydrogen) atoms. The van der Waals surface area contributed by atoms with Gasteiger partial charge < -0.3 is 15.8 Å². The summed E-state index contributed by atoms with van der Waals surface area (Å²) in [5.41, 5.74) is 6.52. The largest absolute Gasteiger partial charge is 0.494 e. The number of ether oxygens (including phenoxy) is 1. The molecule has 4 heteroatoms. The van der Waals surface area contributed by atoms with E-state index < -0.39 is 0 Å². The molecule has 1 aromatic rings. The molecule has 0 aliphatic rings. The molecule has 0 saturated carbocycles. The zero-order valence-electron chi connectivity index (χ0n) is 11.1. The van der Waals surface area contributed by atoms with Gasteiger partial charge in [0.2, 0.25) is 5.91 Å². The molecule has 1 rings (SSSR count). The summed E-state index contributed by atoms with van der Waals surface area (Å²) < 4.78 is 5.35. The highest BCUT2D eigenvalue weighted by molar-refractivity contribution is 5.78. The van der Waals surface area contributed by atoms with Crippen molar-refractivity contribution in [1.82, 2.24) is 5.32 Å². The Bertz CT molecular complexity index is 359. The Morgan fingerprint density at radius 1 is 1.33 bits per heavy atom. The maximum absolute atomic E-state index is 11.8. The van der Waals surface area contributed by atoms with E-state index in [1.165, 1.54) is 0 Å². The highest BCUT2D eigenvalue weighted by Crippen LogP contribution is 2.12. The van der Waals surface area contributed by atoms with Crippen LogP contribution >= 0.6 is 0 Å². The van der Waals surface area contributed by atoms with Crippen molar-refractivity contribution in [1.29, 1.82) is 0 Å². The van der Waals surface area contributed by atoms with Crippen LogP contribution in [-0.4, -0.2) is 25.1 Å². The second-order valence-corrected chi connectivity index (χ2v) is 4.16. The molecule has 1 unspecified atom stereocenters. The lowest BCUT2D eigenvalue weighted by atomic mass is 10.1. The van der Waals surface area contributed by atoms with Crippen molar-refractivity contribution in [3.8, 4) is 5.75 Å². The van der Waals surface area contributed by atoms with Crippen molar-refractivity contribution in [2.45, 2.75) is 32.7 Å². The minimum absolute atomic E-state index is 0.0106. The zero-order valence-corrected chi connectivity index (χ0v) is 11.1. The summed E-state index contributed by atoms with van der Waals surface area (Å²) in [6.07, 6.45) is 1.23. The van der Waals surface area contributed by atoms with Gasteiger partial charge in [0.05, 0.1) is 13.0 Å². The molecular weight excluding hydrogens is 228 g/mol. The van der Waals surface area contributed by atoms with Crippen LogP contribution in [0.2, 0.25) is 0 Å². The molecule has 0 aliphatic carbocycles. The van der Waals surface area contributed by atoms with E-state index in [9.17, 15) is 4.79 Å². The van der Waals surface area contributed by atoms with E-state index in [0.29, 0.717) is 19.6 Å². The molecule has 3 N–H and O–H groups in total. The van der Waals surface area contributed by atoms with Crippen LogP contribution in [0.1, 0.15) is 25.8 Å². The maximum Gasteiger partial charge on any atom is 0.224 e. The monoisotopic (exact) mass is 250 g/mol. The molecular formula is C14H22N2O2. The number of nitrogens with one attached hydrogen (secondary N) is 1. The van der Waals surface area contributed by atoms with Crippen LogP contribution < -0.4 is 15.8 Å². The van der Waals surface area contributed by atoms with Crippen LogP contribution in [0.3, 0.4) is 0 Å². The molecule has 1 atom stereocenters. The van der Waals surface area contributed by atoms with Gasteiger partial charge in [0.15, 0.2) is 0 Å². The number of amides is 1. The van der Waals surface area contributed by atoms with Crippen molar-refractivity contribution >= 4 is 5.91 Å². The summed E-state index contributed by atoms with van der Waals surface area (Å²) in [5.74, 6) is 0.839. The molecule has 0 aromatic heterocycles. The molecule has 1 aromatic carbocycles. The first-order valence-electron chi connectivity index (χ1n) is 6.40. The van der Waals surface area contributed by atoms with E-state index >= 15 is 0 Å². The van der Waals surface area contributed by atoms with Crippen LogP contribution in [0.4, 0.5) is 0 Å². The Kier molecular flexibility index (Phi) is 6.22. The van der Waals surface area contributed by atoms with Gasteiger partial charge in [-0.15, -0.1) is 0 Å². The topological polar surface area (TPSA) is 64.3 Å². The molecule has 0 aliphatic heterocycles. The average molecular weight is 250 g/mol. The van der Waals surface area contributed by atoms with Crippen molar-refractivity contribution in [2.75, 3.05) is 13.2 Å². The molecule has 0 fully saturated rings. The molecule has 0 spiro atoms. The summed E-state index contributed by atoms with van der Waals surface area (Å²) in [5, 5.41) is 2.91. The van der Waals surface area contributed by atoms with Gasteiger partial charge in [-0.05, 0) is 31.0 Å². The van der Waals surface area contributed by atoms with E-state index in [2.05, 4.69) is 5.32 Å². The maximum atomic E-state index is 11.8. The molecule has 0 heterocycles. The lowest BCUT2D eigenvalue weighted by Crippen LogP contribution is -2.40. The summed E-state index contributed by atoms with van der Waals surface area (Å²) in [6, 6.07) is 7.65. The molecule has 0 saturated heterocycles. The second kappa shape index (κ2) is 7.71. The fraction of sp³-hybridized carbons (Fsp3) is 0.500. The predicted octanol–water partition coefficient (Wildman–Crippen LogP) is 1.48. The number of rotatable bonds is 7.